The largest absolute Gasteiger partial charge is 0.465 e. The average Bonchev–Trinajstić information content (AvgIpc) is 3.23. The fourth-order valence-electron chi connectivity index (χ4n) is 2.21. The third kappa shape index (κ3) is 2.52. The van der Waals surface area contributed by atoms with E-state index in [0.717, 1.165) is 16.1 Å². The second-order valence-corrected chi connectivity index (χ2v) is 5.57. The van der Waals surface area contributed by atoms with E-state index in [1.54, 1.807) is 29.7 Å². The predicted molar refractivity (Wildman–Crippen MR) is 85.1 cm³/mol. The number of benzene rings is 1. The van der Waals surface area contributed by atoms with E-state index in [1.807, 2.05) is 40.4 Å². The summed E-state index contributed by atoms with van der Waals surface area (Å²) in [6, 6.07) is 13.2. The van der Waals surface area contributed by atoms with Gasteiger partial charge in [-0.15, -0.1) is 11.3 Å². The summed E-state index contributed by atoms with van der Waals surface area (Å²) in [5.41, 5.74) is 2.92. The van der Waals surface area contributed by atoms with Crippen molar-refractivity contribution in [3.8, 4) is 22.2 Å². The number of carbonyl (C=O) groups excluding carboxylic acids is 1. The lowest BCUT2D eigenvalue weighted by molar-refractivity contribution is 0.0601. The van der Waals surface area contributed by atoms with Crippen LogP contribution in [0.15, 0.2) is 54.2 Å². The Morgan fingerprint density at radius 3 is 2.59 bits per heavy atom. The summed E-state index contributed by atoms with van der Waals surface area (Å²) >= 11 is 1.60. The molecule has 0 aliphatic carbocycles. The Morgan fingerprint density at radius 1 is 1.23 bits per heavy atom. The number of aromatic nitrogens is 1. The van der Waals surface area contributed by atoms with Gasteiger partial charge >= 0.3 is 5.97 Å². The Labute approximate surface area is 131 Å². The lowest BCUT2D eigenvalue weighted by Gasteiger charge is -2.04. The number of ether oxygens (including phenoxy) is 1. The zero-order chi connectivity index (χ0) is 15.5. The predicted octanol–water partition coefficient (Wildman–Crippen LogP) is 3.86. The Morgan fingerprint density at radius 2 is 2.00 bits per heavy atom. The standard InChI is InChI=1S/C17H12N2O2S/c1-21-17(20)12-4-6-14(7-5-12)19-10-13(9-18)15(11-19)16-3-2-8-22-16/h2-8,10-11H,1H3. The van der Waals surface area contributed by atoms with Crippen molar-refractivity contribution in [1.82, 2.24) is 4.57 Å². The molecule has 0 amide bonds. The second kappa shape index (κ2) is 5.88. The summed E-state index contributed by atoms with van der Waals surface area (Å²) in [6.45, 7) is 0. The van der Waals surface area contributed by atoms with Crippen molar-refractivity contribution < 1.29 is 9.53 Å². The third-order valence-electron chi connectivity index (χ3n) is 3.32. The van der Waals surface area contributed by atoms with Crippen molar-refractivity contribution in [3.05, 3.63) is 65.3 Å². The number of methoxy groups -OCH3 is 1. The molecular weight excluding hydrogens is 296 g/mol. The molecule has 0 bridgehead atoms. The maximum atomic E-state index is 11.5. The summed E-state index contributed by atoms with van der Waals surface area (Å²) < 4.78 is 6.57. The Bertz CT molecular complexity index is 840. The van der Waals surface area contributed by atoms with Gasteiger partial charge in [0.2, 0.25) is 0 Å². The molecule has 0 fully saturated rings. The lowest BCUT2D eigenvalue weighted by Crippen LogP contribution is -2.01. The molecule has 4 nitrogen and oxygen atoms in total. The molecule has 0 saturated heterocycles. The highest BCUT2D eigenvalue weighted by Gasteiger charge is 2.11. The fraction of sp³-hybridized carbons (Fsp3) is 0.0588. The maximum absolute atomic E-state index is 11.5. The van der Waals surface area contributed by atoms with Gasteiger partial charge in [-0.3, -0.25) is 0 Å². The fourth-order valence-corrected chi connectivity index (χ4v) is 2.96. The van der Waals surface area contributed by atoms with Gasteiger partial charge in [-0.1, -0.05) is 6.07 Å². The number of hydrogen-bond acceptors (Lipinski definition) is 4. The van der Waals surface area contributed by atoms with E-state index in [2.05, 4.69) is 10.8 Å². The molecule has 3 rings (SSSR count). The summed E-state index contributed by atoms with van der Waals surface area (Å²) in [7, 11) is 1.36. The Hall–Kier alpha value is -2.84. The summed E-state index contributed by atoms with van der Waals surface area (Å²) in [4.78, 5) is 12.5. The van der Waals surface area contributed by atoms with E-state index in [4.69, 9.17) is 0 Å². The van der Waals surface area contributed by atoms with Crippen LogP contribution in [0.4, 0.5) is 0 Å². The monoisotopic (exact) mass is 308 g/mol. The molecule has 0 aliphatic heterocycles. The molecule has 5 heteroatoms. The van der Waals surface area contributed by atoms with Gasteiger partial charge in [0.25, 0.3) is 0 Å². The smallest absolute Gasteiger partial charge is 0.337 e. The van der Waals surface area contributed by atoms with Crippen LogP contribution in [-0.2, 0) is 4.74 Å². The van der Waals surface area contributed by atoms with Crippen LogP contribution in [0.5, 0.6) is 0 Å². The zero-order valence-corrected chi connectivity index (χ0v) is 12.6. The zero-order valence-electron chi connectivity index (χ0n) is 11.8. The maximum Gasteiger partial charge on any atom is 0.337 e. The summed E-state index contributed by atoms with van der Waals surface area (Å²) in [6.07, 6.45) is 3.72. The molecule has 0 unspecified atom stereocenters. The molecule has 0 spiro atoms. The van der Waals surface area contributed by atoms with Crippen LogP contribution >= 0.6 is 11.3 Å². The number of nitrogens with zero attached hydrogens (tertiary/aromatic N) is 2. The molecule has 0 atom stereocenters. The van der Waals surface area contributed by atoms with E-state index in [9.17, 15) is 10.1 Å². The molecule has 2 aromatic heterocycles. The number of esters is 1. The Kier molecular flexibility index (Phi) is 3.77. The van der Waals surface area contributed by atoms with Gasteiger partial charge in [0.1, 0.15) is 6.07 Å². The Balaban J connectivity index is 1.99. The minimum atomic E-state index is -0.365. The first-order valence-electron chi connectivity index (χ1n) is 6.57. The number of rotatable bonds is 3. The SMILES string of the molecule is COC(=O)c1ccc(-n2cc(C#N)c(-c3cccs3)c2)cc1. The van der Waals surface area contributed by atoms with Gasteiger partial charge in [0.15, 0.2) is 0 Å². The molecule has 0 aliphatic rings. The number of nitriles is 1. The van der Waals surface area contributed by atoms with Crippen molar-refractivity contribution in [2.45, 2.75) is 0 Å². The normalized spacial score (nSPS) is 10.2. The van der Waals surface area contributed by atoms with Crippen molar-refractivity contribution in [3.63, 3.8) is 0 Å². The van der Waals surface area contributed by atoms with Crippen LogP contribution in [0.2, 0.25) is 0 Å². The second-order valence-electron chi connectivity index (χ2n) is 4.62. The number of carbonyl (C=O) groups is 1. The lowest BCUT2D eigenvalue weighted by atomic mass is 10.2. The van der Waals surface area contributed by atoms with Gasteiger partial charge in [-0.2, -0.15) is 5.26 Å². The molecule has 0 saturated carbocycles. The molecule has 1 aromatic carbocycles. The van der Waals surface area contributed by atoms with E-state index >= 15 is 0 Å². The summed E-state index contributed by atoms with van der Waals surface area (Å²) in [5, 5.41) is 11.3. The van der Waals surface area contributed by atoms with Gasteiger partial charge in [0.05, 0.1) is 18.2 Å². The van der Waals surface area contributed by atoms with E-state index < -0.39 is 0 Å². The molecule has 0 N–H and O–H groups in total. The van der Waals surface area contributed by atoms with Gasteiger partial charge < -0.3 is 9.30 Å². The van der Waals surface area contributed by atoms with Crippen LogP contribution in [0.3, 0.4) is 0 Å². The summed E-state index contributed by atoms with van der Waals surface area (Å²) in [5.74, 6) is -0.365. The van der Waals surface area contributed by atoms with Crippen LogP contribution in [-0.4, -0.2) is 17.6 Å². The minimum Gasteiger partial charge on any atom is -0.465 e. The highest BCUT2D eigenvalue weighted by molar-refractivity contribution is 7.13. The topological polar surface area (TPSA) is 55.0 Å². The molecule has 2 heterocycles. The van der Waals surface area contributed by atoms with Crippen molar-refractivity contribution in [1.29, 1.82) is 5.26 Å². The van der Waals surface area contributed by atoms with E-state index in [-0.39, 0.29) is 5.97 Å². The van der Waals surface area contributed by atoms with Gasteiger partial charge in [0, 0.05) is 28.5 Å². The quantitative estimate of drug-likeness (QED) is 0.690. The first-order chi connectivity index (χ1) is 10.7. The molecule has 108 valence electrons. The van der Waals surface area contributed by atoms with Gasteiger partial charge in [-0.25, -0.2) is 4.79 Å². The molecule has 22 heavy (non-hydrogen) atoms. The molecule has 0 radical (unpaired) electrons. The molecule has 3 aromatic rings. The van der Waals surface area contributed by atoms with Crippen molar-refractivity contribution >= 4 is 17.3 Å². The van der Waals surface area contributed by atoms with Crippen LogP contribution in [0, 0.1) is 11.3 Å². The number of thiophene rings is 1. The van der Waals surface area contributed by atoms with Crippen LogP contribution in [0.1, 0.15) is 15.9 Å². The van der Waals surface area contributed by atoms with Gasteiger partial charge in [-0.05, 0) is 35.7 Å². The highest BCUT2D eigenvalue weighted by Crippen LogP contribution is 2.29. The first-order valence-corrected chi connectivity index (χ1v) is 7.45. The minimum absolute atomic E-state index is 0.365. The van der Waals surface area contributed by atoms with Crippen LogP contribution in [0.25, 0.3) is 16.1 Å². The van der Waals surface area contributed by atoms with Crippen LogP contribution < -0.4 is 0 Å². The van der Waals surface area contributed by atoms with Crippen molar-refractivity contribution in [2.24, 2.45) is 0 Å². The van der Waals surface area contributed by atoms with E-state index in [0.29, 0.717) is 11.1 Å². The van der Waals surface area contributed by atoms with E-state index in [1.165, 1.54) is 7.11 Å². The first kappa shape index (κ1) is 14.1. The highest BCUT2D eigenvalue weighted by atomic mass is 32.1. The average molecular weight is 308 g/mol. The molecular formula is C17H12N2O2S. The van der Waals surface area contributed by atoms with Crippen molar-refractivity contribution in [2.75, 3.05) is 7.11 Å². The number of hydrogen-bond donors (Lipinski definition) is 0. The third-order valence-corrected chi connectivity index (χ3v) is 4.22.